The van der Waals surface area contributed by atoms with Crippen LogP contribution in [0, 0.1) is 3.57 Å². The van der Waals surface area contributed by atoms with Gasteiger partial charge in [0.15, 0.2) is 5.11 Å². The Morgan fingerprint density at radius 2 is 1.88 bits per heavy atom. The van der Waals surface area contributed by atoms with E-state index in [0.29, 0.717) is 5.69 Å². The van der Waals surface area contributed by atoms with Gasteiger partial charge in [-0.3, -0.25) is 19.8 Å². The fraction of sp³-hybridized carbons (Fsp3) is 0. The van der Waals surface area contributed by atoms with E-state index >= 15 is 0 Å². The monoisotopic (exact) mass is 512 g/mol. The van der Waals surface area contributed by atoms with E-state index < -0.39 is 11.8 Å². The molecule has 2 aromatic rings. The van der Waals surface area contributed by atoms with Crippen molar-refractivity contribution >= 4 is 79.4 Å². The molecular formula is C17H10BrIN2O2S. The molecule has 120 valence electrons. The van der Waals surface area contributed by atoms with E-state index in [2.05, 4.69) is 43.8 Å². The Morgan fingerprint density at radius 3 is 2.58 bits per heavy atom. The first-order chi connectivity index (χ1) is 11.5. The molecule has 0 radical (unpaired) electrons. The van der Waals surface area contributed by atoms with Crippen molar-refractivity contribution in [2.45, 2.75) is 0 Å². The van der Waals surface area contributed by atoms with Crippen LogP contribution in [-0.2, 0) is 9.59 Å². The Hall–Kier alpha value is -1.58. The smallest absolute Gasteiger partial charge is 0.270 e. The number of thiocarbonyl (C=S) groups is 1. The lowest BCUT2D eigenvalue weighted by molar-refractivity contribution is -0.122. The van der Waals surface area contributed by atoms with Crippen molar-refractivity contribution in [2.75, 3.05) is 4.90 Å². The zero-order valence-corrected chi connectivity index (χ0v) is 16.7. The molecule has 1 saturated heterocycles. The van der Waals surface area contributed by atoms with Crippen molar-refractivity contribution in [3.05, 3.63) is 67.7 Å². The van der Waals surface area contributed by atoms with Gasteiger partial charge in [0.2, 0.25) is 0 Å². The van der Waals surface area contributed by atoms with E-state index in [-0.39, 0.29) is 10.7 Å². The van der Waals surface area contributed by atoms with E-state index in [0.717, 1.165) is 13.6 Å². The summed E-state index contributed by atoms with van der Waals surface area (Å²) in [7, 11) is 0. The van der Waals surface area contributed by atoms with Crippen molar-refractivity contribution in [3.8, 4) is 0 Å². The zero-order chi connectivity index (χ0) is 17.3. The van der Waals surface area contributed by atoms with Crippen LogP contribution in [0.5, 0.6) is 0 Å². The van der Waals surface area contributed by atoms with Gasteiger partial charge in [-0.2, -0.15) is 0 Å². The molecule has 2 aromatic carbocycles. The molecule has 1 N–H and O–H groups in total. The number of carbonyl (C=O) groups excluding carboxylic acids is 2. The predicted molar refractivity (Wildman–Crippen MR) is 110 cm³/mol. The second-order valence-electron chi connectivity index (χ2n) is 4.99. The maximum atomic E-state index is 12.8. The topological polar surface area (TPSA) is 49.4 Å². The van der Waals surface area contributed by atoms with Gasteiger partial charge < -0.3 is 0 Å². The molecule has 1 fully saturated rings. The number of anilines is 1. The van der Waals surface area contributed by atoms with Crippen LogP contribution < -0.4 is 10.2 Å². The summed E-state index contributed by atoms with van der Waals surface area (Å²) < 4.78 is 1.83. The van der Waals surface area contributed by atoms with E-state index in [1.54, 1.807) is 24.3 Å². The molecule has 0 aliphatic carbocycles. The van der Waals surface area contributed by atoms with Crippen LogP contribution in [0.4, 0.5) is 5.69 Å². The molecule has 2 amide bonds. The molecule has 0 bridgehead atoms. The summed E-state index contributed by atoms with van der Waals surface area (Å²) in [5.74, 6) is -0.934. The van der Waals surface area contributed by atoms with Gasteiger partial charge in [0, 0.05) is 8.04 Å². The van der Waals surface area contributed by atoms with E-state index in [4.69, 9.17) is 12.2 Å². The Morgan fingerprint density at radius 1 is 1.12 bits per heavy atom. The third-order valence-corrected chi connectivity index (χ3v) is 4.78. The summed E-state index contributed by atoms with van der Waals surface area (Å²) in [6.07, 6.45) is 1.58. The second kappa shape index (κ2) is 7.12. The Balaban J connectivity index is 2.03. The lowest BCUT2D eigenvalue weighted by Gasteiger charge is -2.29. The Labute approximate surface area is 166 Å². The van der Waals surface area contributed by atoms with E-state index in [1.165, 1.54) is 4.90 Å². The van der Waals surface area contributed by atoms with Gasteiger partial charge in [0.1, 0.15) is 5.57 Å². The number of nitrogens with one attached hydrogen (secondary N) is 1. The molecule has 3 rings (SSSR count). The summed E-state index contributed by atoms with van der Waals surface area (Å²) in [6.45, 7) is 0. The Bertz CT molecular complexity index is 898. The lowest BCUT2D eigenvalue weighted by Crippen LogP contribution is -2.54. The van der Waals surface area contributed by atoms with Crippen LogP contribution in [0.25, 0.3) is 6.08 Å². The molecule has 24 heavy (non-hydrogen) atoms. The number of rotatable bonds is 2. The number of hydrogen-bond acceptors (Lipinski definition) is 3. The fourth-order valence-electron chi connectivity index (χ4n) is 2.27. The third-order valence-electron chi connectivity index (χ3n) is 3.33. The van der Waals surface area contributed by atoms with E-state index in [9.17, 15) is 9.59 Å². The highest BCUT2D eigenvalue weighted by Crippen LogP contribution is 2.25. The van der Waals surface area contributed by atoms with E-state index in [1.807, 2.05) is 30.3 Å². The average Bonchev–Trinajstić information content (AvgIpc) is 2.51. The van der Waals surface area contributed by atoms with Crippen molar-refractivity contribution in [2.24, 2.45) is 0 Å². The second-order valence-corrected chi connectivity index (χ2v) is 7.54. The number of halogens is 2. The predicted octanol–water partition coefficient (Wildman–Crippen LogP) is 3.89. The minimum absolute atomic E-state index is 0.0468. The summed E-state index contributed by atoms with van der Waals surface area (Å²) in [5, 5.41) is 2.65. The summed E-state index contributed by atoms with van der Waals surface area (Å²) in [4.78, 5) is 26.4. The normalized spacial score (nSPS) is 16.5. The third kappa shape index (κ3) is 3.57. The standard InChI is InChI=1S/C17H10BrIN2O2S/c18-11-4-2-6-13(9-11)21-16(23)14(15(22)20-17(21)24)8-10-3-1-5-12(19)7-10/h1-9H,(H,20,22,24). The molecule has 7 heteroatoms. The molecule has 4 nitrogen and oxygen atoms in total. The number of nitrogens with zero attached hydrogens (tertiary/aromatic N) is 1. The Kier molecular flexibility index (Phi) is 5.12. The fourth-order valence-corrected chi connectivity index (χ4v) is 3.51. The van der Waals surface area contributed by atoms with Crippen LogP contribution in [0.2, 0.25) is 0 Å². The van der Waals surface area contributed by atoms with Gasteiger partial charge in [-0.15, -0.1) is 0 Å². The highest BCUT2D eigenvalue weighted by molar-refractivity contribution is 14.1. The minimum atomic E-state index is -0.491. The van der Waals surface area contributed by atoms with Gasteiger partial charge in [-0.25, -0.2) is 0 Å². The van der Waals surface area contributed by atoms with Crippen LogP contribution >= 0.6 is 50.7 Å². The van der Waals surface area contributed by atoms with Gasteiger partial charge >= 0.3 is 0 Å². The van der Waals surface area contributed by atoms with Crippen molar-refractivity contribution in [1.82, 2.24) is 5.32 Å². The largest absolute Gasteiger partial charge is 0.298 e. The minimum Gasteiger partial charge on any atom is -0.298 e. The summed E-state index contributed by atoms with van der Waals surface area (Å²) >= 11 is 10.7. The first-order valence-electron chi connectivity index (χ1n) is 6.88. The number of hydrogen-bond donors (Lipinski definition) is 1. The van der Waals surface area contributed by atoms with Crippen molar-refractivity contribution in [3.63, 3.8) is 0 Å². The van der Waals surface area contributed by atoms with Gasteiger partial charge in [-0.05, 0) is 76.8 Å². The summed E-state index contributed by atoms with van der Waals surface area (Å²) in [6, 6.07) is 14.7. The molecule has 1 aliphatic rings. The van der Waals surface area contributed by atoms with Gasteiger partial charge in [0.25, 0.3) is 11.8 Å². The SMILES string of the molecule is O=C1NC(=S)N(c2cccc(Br)c2)C(=O)C1=Cc1cccc(I)c1. The molecule has 0 spiro atoms. The highest BCUT2D eigenvalue weighted by atomic mass is 127. The van der Waals surface area contributed by atoms with Gasteiger partial charge in [0.05, 0.1) is 5.69 Å². The highest BCUT2D eigenvalue weighted by Gasteiger charge is 2.34. The quantitative estimate of drug-likeness (QED) is 0.287. The average molecular weight is 513 g/mol. The number of carbonyl (C=O) groups is 2. The van der Waals surface area contributed by atoms with Crippen molar-refractivity contribution in [1.29, 1.82) is 0 Å². The van der Waals surface area contributed by atoms with Gasteiger partial charge in [-0.1, -0.05) is 34.1 Å². The van der Waals surface area contributed by atoms with Crippen LogP contribution in [-0.4, -0.2) is 16.9 Å². The van der Waals surface area contributed by atoms with Crippen molar-refractivity contribution < 1.29 is 9.59 Å². The molecular weight excluding hydrogens is 503 g/mol. The lowest BCUT2D eigenvalue weighted by atomic mass is 10.1. The molecule has 0 atom stereocenters. The molecule has 0 unspecified atom stereocenters. The maximum Gasteiger partial charge on any atom is 0.270 e. The van der Waals surface area contributed by atoms with Crippen LogP contribution in [0.1, 0.15) is 5.56 Å². The maximum absolute atomic E-state index is 12.8. The first-order valence-corrected chi connectivity index (χ1v) is 9.16. The molecule has 1 heterocycles. The van der Waals surface area contributed by atoms with Crippen LogP contribution in [0.15, 0.2) is 58.6 Å². The zero-order valence-electron chi connectivity index (χ0n) is 12.1. The summed E-state index contributed by atoms with van der Waals surface area (Å²) in [5.41, 5.74) is 1.42. The first kappa shape index (κ1) is 17.2. The number of amides is 2. The van der Waals surface area contributed by atoms with Crippen LogP contribution in [0.3, 0.4) is 0 Å². The molecule has 0 aromatic heterocycles. The molecule has 0 saturated carbocycles. The molecule has 1 aliphatic heterocycles. The number of benzene rings is 2.